The molecule has 0 aliphatic carbocycles. The van der Waals surface area contributed by atoms with E-state index in [1.54, 1.807) is 36.4 Å². The van der Waals surface area contributed by atoms with Gasteiger partial charge in [0.1, 0.15) is 5.75 Å². The van der Waals surface area contributed by atoms with Gasteiger partial charge in [-0.3, -0.25) is 0 Å². The second-order valence-electron chi connectivity index (χ2n) is 4.53. The highest BCUT2D eigenvalue weighted by Gasteiger charge is 2.16. The minimum atomic E-state index is -3.85. The highest BCUT2D eigenvalue weighted by molar-refractivity contribution is 7.86. The molecule has 0 unspecified atom stereocenters. The predicted octanol–water partition coefficient (Wildman–Crippen LogP) is 3.43. The van der Waals surface area contributed by atoms with Crippen molar-refractivity contribution in [3.63, 3.8) is 0 Å². The van der Waals surface area contributed by atoms with Gasteiger partial charge in [-0.25, -0.2) is 0 Å². The van der Waals surface area contributed by atoms with Crippen molar-refractivity contribution in [2.24, 2.45) is 0 Å². The van der Waals surface area contributed by atoms with Crippen molar-refractivity contribution in [3.8, 4) is 11.8 Å². The minimum absolute atomic E-state index is 0.105. The van der Waals surface area contributed by atoms with Crippen LogP contribution < -0.4 is 4.18 Å². The summed E-state index contributed by atoms with van der Waals surface area (Å²) < 4.78 is 29.2. The van der Waals surface area contributed by atoms with E-state index < -0.39 is 10.1 Å². The van der Waals surface area contributed by atoms with Crippen molar-refractivity contribution in [2.75, 3.05) is 0 Å². The Bertz CT molecular complexity index is 810. The Morgan fingerprint density at radius 1 is 1.24 bits per heavy atom. The molecule has 2 rings (SSSR count). The van der Waals surface area contributed by atoms with Crippen LogP contribution in [0.4, 0.5) is 0 Å². The summed E-state index contributed by atoms with van der Waals surface area (Å²) in [6.45, 7) is 1.81. The Hall–Kier alpha value is -2.03. The van der Waals surface area contributed by atoms with E-state index in [0.717, 1.165) is 5.56 Å². The molecule has 4 nitrogen and oxygen atoms in total. The third kappa shape index (κ3) is 4.22. The van der Waals surface area contributed by atoms with Crippen molar-refractivity contribution < 1.29 is 12.6 Å². The van der Waals surface area contributed by atoms with Gasteiger partial charge in [0.15, 0.2) is 5.75 Å². The van der Waals surface area contributed by atoms with Crippen LogP contribution in [-0.4, -0.2) is 8.42 Å². The van der Waals surface area contributed by atoms with Gasteiger partial charge in [-0.05, 0) is 42.3 Å². The number of hydrogen-bond donors (Lipinski definition) is 0. The lowest BCUT2D eigenvalue weighted by Gasteiger charge is -2.09. The van der Waals surface area contributed by atoms with Gasteiger partial charge in [0.2, 0.25) is 0 Å². The average Bonchev–Trinajstić information content (AvgIpc) is 2.42. The summed E-state index contributed by atoms with van der Waals surface area (Å²) in [5.41, 5.74) is 1.73. The molecule has 2 aromatic rings. The first-order valence-corrected chi connectivity index (χ1v) is 8.02. The van der Waals surface area contributed by atoms with Gasteiger partial charge in [0.05, 0.1) is 16.7 Å². The van der Waals surface area contributed by atoms with Crippen LogP contribution in [0.25, 0.3) is 0 Å². The fourth-order valence-electron chi connectivity index (χ4n) is 1.78. The zero-order chi connectivity index (χ0) is 15.5. The van der Waals surface area contributed by atoms with E-state index in [2.05, 4.69) is 0 Å². The summed E-state index contributed by atoms with van der Waals surface area (Å²) in [6, 6.07) is 13.2. The molecule has 0 saturated carbocycles. The normalized spacial score (nSPS) is 10.9. The van der Waals surface area contributed by atoms with Crippen LogP contribution in [-0.2, 0) is 15.9 Å². The molecule has 0 N–H and O–H groups in total. The first-order chi connectivity index (χ1) is 9.89. The highest BCUT2D eigenvalue weighted by Crippen LogP contribution is 2.27. The number of rotatable bonds is 4. The molecule has 0 aromatic heterocycles. The van der Waals surface area contributed by atoms with Crippen LogP contribution in [0.1, 0.15) is 16.7 Å². The molecule has 6 heteroatoms. The summed E-state index contributed by atoms with van der Waals surface area (Å²) in [4.78, 5) is 0. The summed E-state index contributed by atoms with van der Waals surface area (Å²) in [6.07, 6.45) is 0. The van der Waals surface area contributed by atoms with E-state index in [-0.39, 0.29) is 16.5 Å². The smallest absolute Gasteiger partial charge is 0.313 e. The molecule has 21 heavy (non-hydrogen) atoms. The largest absolute Gasteiger partial charge is 0.381 e. The predicted molar refractivity (Wildman–Crippen MR) is 80.6 cm³/mol. The molecule has 0 radical (unpaired) electrons. The zero-order valence-electron chi connectivity index (χ0n) is 11.2. The van der Waals surface area contributed by atoms with Crippen molar-refractivity contribution in [3.05, 3.63) is 64.2 Å². The number of aryl methyl sites for hydroxylation is 1. The molecule has 0 saturated heterocycles. The van der Waals surface area contributed by atoms with E-state index in [1.165, 1.54) is 6.07 Å². The monoisotopic (exact) mass is 321 g/mol. The number of halogens is 1. The highest BCUT2D eigenvalue weighted by atomic mass is 35.5. The van der Waals surface area contributed by atoms with Crippen molar-refractivity contribution >= 4 is 21.7 Å². The van der Waals surface area contributed by atoms with Crippen LogP contribution in [0.3, 0.4) is 0 Å². The lowest BCUT2D eigenvalue weighted by Crippen LogP contribution is -2.12. The Morgan fingerprint density at radius 3 is 2.71 bits per heavy atom. The molecule has 0 bridgehead atoms. The maximum atomic E-state index is 12.1. The standard InChI is InChI=1S/C15H12ClNO3S/c1-11-5-6-14(16)15(7-11)20-21(18,19)10-13-4-2-3-12(8-13)9-17/h2-8H,10H2,1H3. The molecule has 0 fully saturated rings. The molecule has 0 amide bonds. The molecule has 108 valence electrons. The van der Waals surface area contributed by atoms with Crippen LogP contribution in [0.5, 0.6) is 5.75 Å². The summed E-state index contributed by atoms with van der Waals surface area (Å²) in [5, 5.41) is 9.05. The minimum Gasteiger partial charge on any atom is -0.381 e. The number of nitriles is 1. The number of benzene rings is 2. The van der Waals surface area contributed by atoms with Gasteiger partial charge in [-0.2, -0.15) is 13.7 Å². The second kappa shape index (κ2) is 6.17. The Balaban J connectivity index is 2.22. The van der Waals surface area contributed by atoms with Crippen LogP contribution in [0.2, 0.25) is 5.02 Å². The molecular weight excluding hydrogens is 310 g/mol. The second-order valence-corrected chi connectivity index (χ2v) is 6.51. The third-order valence-electron chi connectivity index (χ3n) is 2.70. The summed E-state index contributed by atoms with van der Waals surface area (Å²) >= 11 is 5.92. The fourth-order valence-corrected chi connectivity index (χ4v) is 3.04. The fraction of sp³-hybridized carbons (Fsp3) is 0.133. The maximum Gasteiger partial charge on any atom is 0.313 e. The van der Waals surface area contributed by atoms with Gasteiger partial charge in [0, 0.05) is 0 Å². The number of nitrogens with zero attached hydrogens (tertiary/aromatic N) is 1. The zero-order valence-corrected chi connectivity index (χ0v) is 12.8. The average molecular weight is 322 g/mol. The molecule has 0 aliphatic heterocycles. The Kier molecular flexibility index (Phi) is 4.51. The van der Waals surface area contributed by atoms with Gasteiger partial charge < -0.3 is 4.18 Å². The summed E-state index contributed by atoms with van der Waals surface area (Å²) in [7, 11) is -3.85. The first kappa shape index (κ1) is 15.4. The number of hydrogen-bond acceptors (Lipinski definition) is 4. The van der Waals surface area contributed by atoms with Gasteiger partial charge in [0.25, 0.3) is 0 Å². The van der Waals surface area contributed by atoms with E-state index in [1.807, 2.05) is 13.0 Å². The first-order valence-electron chi connectivity index (χ1n) is 6.07. The van der Waals surface area contributed by atoms with Crippen molar-refractivity contribution in [1.29, 1.82) is 5.26 Å². The van der Waals surface area contributed by atoms with E-state index in [4.69, 9.17) is 21.0 Å². The Labute approximate surface area is 128 Å². The third-order valence-corrected chi connectivity index (χ3v) is 4.14. The summed E-state index contributed by atoms with van der Waals surface area (Å²) in [5.74, 6) is -0.222. The van der Waals surface area contributed by atoms with Crippen molar-refractivity contribution in [1.82, 2.24) is 0 Å². The van der Waals surface area contributed by atoms with Crippen molar-refractivity contribution in [2.45, 2.75) is 12.7 Å². The lowest BCUT2D eigenvalue weighted by atomic mass is 10.2. The van der Waals surface area contributed by atoms with Gasteiger partial charge in [-0.15, -0.1) is 0 Å². The SMILES string of the molecule is Cc1ccc(Cl)c(OS(=O)(=O)Cc2cccc(C#N)c2)c1. The van der Waals surface area contributed by atoms with Crippen LogP contribution in [0, 0.1) is 18.3 Å². The molecule has 0 spiro atoms. The van der Waals surface area contributed by atoms with E-state index in [0.29, 0.717) is 11.1 Å². The van der Waals surface area contributed by atoms with Gasteiger partial charge >= 0.3 is 10.1 Å². The lowest BCUT2D eigenvalue weighted by molar-refractivity contribution is 0.485. The molecule has 0 aliphatic rings. The van der Waals surface area contributed by atoms with E-state index in [9.17, 15) is 8.42 Å². The quantitative estimate of drug-likeness (QED) is 0.809. The topological polar surface area (TPSA) is 67.2 Å². The molecule has 0 heterocycles. The van der Waals surface area contributed by atoms with Crippen LogP contribution >= 0.6 is 11.6 Å². The molecule has 0 atom stereocenters. The molecular formula is C15H12ClNO3S. The van der Waals surface area contributed by atoms with E-state index >= 15 is 0 Å². The van der Waals surface area contributed by atoms with Crippen LogP contribution in [0.15, 0.2) is 42.5 Å². The van der Waals surface area contributed by atoms with Gasteiger partial charge in [-0.1, -0.05) is 29.8 Å². The maximum absolute atomic E-state index is 12.1. The Morgan fingerprint density at radius 2 is 2.00 bits per heavy atom. The molecule has 2 aromatic carbocycles.